The number of rotatable bonds is 2. The number of fused-ring (bicyclic) bond motifs is 5. The van der Waals surface area contributed by atoms with E-state index in [2.05, 4.69) is 25.6 Å². The SMILES string of the molecule is C=CC1(O)CCC2C3CCc4cc(OC(C)=O)ccc4C3CCC21C. The molecule has 0 amide bonds. The standard InChI is InChI=1S/C22H28O3/c1-4-22(24)12-10-20-19-7-5-15-13-16(25-14(2)23)6-8-17(15)18(19)9-11-21(20,22)3/h4,6,8,13,18-20,24H,1,5,7,9-12H2,2-3H3. The highest BCUT2D eigenvalue weighted by Crippen LogP contribution is 2.64. The topological polar surface area (TPSA) is 46.5 Å². The molecule has 2 fully saturated rings. The van der Waals surface area contributed by atoms with E-state index in [0.29, 0.717) is 23.5 Å². The second-order valence-electron chi connectivity index (χ2n) is 8.49. The van der Waals surface area contributed by atoms with Gasteiger partial charge in [0.15, 0.2) is 0 Å². The molecule has 3 aliphatic rings. The van der Waals surface area contributed by atoms with Crippen molar-refractivity contribution in [2.45, 2.75) is 63.9 Å². The minimum absolute atomic E-state index is 0.0366. The van der Waals surface area contributed by atoms with Gasteiger partial charge in [0.05, 0.1) is 5.60 Å². The van der Waals surface area contributed by atoms with Crippen LogP contribution in [0.25, 0.3) is 0 Å². The average molecular weight is 340 g/mol. The van der Waals surface area contributed by atoms with E-state index in [4.69, 9.17) is 4.74 Å². The Balaban J connectivity index is 1.64. The van der Waals surface area contributed by atoms with Gasteiger partial charge in [0, 0.05) is 12.3 Å². The molecule has 1 aromatic rings. The third-order valence-electron chi connectivity index (χ3n) is 7.51. The Kier molecular flexibility index (Phi) is 3.84. The third kappa shape index (κ3) is 2.39. The summed E-state index contributed by atoms with van der Waals surface area (Å²) in [6.45, 7) is 7.65. The number of hydrogen-bond acceptors (Lipinski definition) is 3. The molecule has 5 unspecified atom stereocenters. The van der Waals surface area contributed by atoms with Gasteiger partial charge in [-0.1, -0.05) is 19.1 Å². The maximum atomic E-state index is 11.2. The molecule has 134 valence electrons. The fraction of sp³-hybridized carbons (Fsp3) is 0.591. The minimum Gasteiger partial charge on any atom is -0.427 e. The fourth-order valence-corrected chi connectivity index (χ4v) is 6.17. The second-order valence-corrected chi connectivity index (χ2v) is 8.49. The van der Waals surface area contributed by atoms with Crippen molar-refractivity contribution in [2.75, 3.05) is 0 Å². The molecule has 3 heteroatoms. The lowest BCUT2D eigenvalue weighted by Gasteiger charge is -2.52. The number of benzene rings is 1. The number of esters is 1. The Hall–Kier alpha value is -1.61. The summed E-state index contributed by atoms with van der Waals surface area (Å²) in [5.41, 5.74) is 2.02. The molecule has 4 rings (SSSR count). The summed E-state index contributed by atoms with van der Waals surface area (Å²) >= 11 is 0. The Morgan fingerprint density at radius 2 is 2.12 bits per heavy atom. The second kappa shape index (κ2) is 5.70. The van der Waals surface area contributed by atoms with Gasteiger partial charge in [-0.2, -0.15) is 0 Å². The number of ether oxygens (including phenoxy) is 1. The van der Waals surface area contributed by atoms with Crippen LogP contribution in [-0.2, 0) is 11.2 Å². The lowest BCUT2D eigenvalue weighted by molar-refractivity contribution is -0.131. The number of carbonyl (C=O) groups is 1. The van der Waals surface area contributed by atoms with E-state index in [1.165, 1.54) is 18.1 Å². The maximum Gasteiger partial charge on any atom is 0.308 e. The number of carbonyl (C=O) groups excluding carboxylic acids is 1. The Bertz CT molecular complexity index is 724. The van der Waals surface area contributed by atoms with Crippen molar-refractivity contribution in [1.29, 1.82) is 0 Å². The number of hydrogen-bond donors (Lipinski definition) is 1. The van der Waals surface area contributed by atoms with Gasteiger partial charge < -0.3 is 9.84 Å². The zero-order valence-corrected chi connectivity index (χ0v) is 15.3. The molecule has 2 saturated carbocycles. The first-order valence-corrected chi connectivity index (χ1v) is 9.55. The maximum absolute atomic E-state index is 11.2. The predicted molar refractivity (Wildman–Crippen MR) is 97.5 cm³/mol. The van der Waals surface area contributed by atoms with Crippen LogP contribution in [0.3, 0.4) is 0 Å². The summed E-state index contributed by atoms with van der Waals surface area (Å²) in [6.07, 6.45) is 8.11. The van der Waals surface area contributed by atoms with E-state index in [9.17, 15) is 9.90 Å². The molecule has 0 aromatic heterocycles. The predicted octanol–water partition coefficient (Wildman–Crippen LogP) is 4.39. The zero-order valence-electron chi connectivity index (χ0n) is 15.3. The molecule has 0 heterocycles. The van der Waals surface area contributed by atoms with Gasteiger partial charge in [-0.3, -0.25) is 4.79 Å². The molecular weight excluding hydrogens is 312 g/mol. The summed E-state index contributed by atoms with van der Waals surface area (Å²) in [6, 6.07) is 6.16. The lowest BCUT2D eigenvalue weighted by atomic mass is 9.53. The van der Waals surface area contributed by atoms with Gasteiger partial charge in [-0.25, -0.2) is 0 Å². The number of aryl methyl sites for hydroxylation is 1. The molecule has 3 aliphatic carbocycles. The zero-order chi connectivity index (χ0) is 17.8. The van der Waals surface area contributed by atoms with Crippen LogP contribution in [0, 0.1) is 17.3 Å². The summed E-state index contributed by atoms with van der Waals surface area (Å²) in [5, 5.41) is 11.1. The van der Waals surface area contributed by atoms with Crippen LogP contribution in [-0.4, -0.2) is 16.7 Å². The van der Waals surface area contributed by atoms with Crippen molar-refractivity contribution < 1.29 is 14.6 Å². The summed E-state index contributed by atoms with van der Waals surface area (Å²) in [4.78, 5) is 11.2. The van der Waals surface area contributed by atoms with Crippen molar-refractivity contribution in [3.8, 4) is 5.75 Å². The smallest absolute Gasteiger partial charge is 0.308 e. The van der Waals surface area contributed by atoms with Crippen LogP contribution in [0.1, 0.15) is 63.0 Å². The molecule has 0 spiro atoms. The molecule has 25 heavy (non-hydrogen) atoms. The van der Waals surface area contributed by atoms with Crippen LogP contribution in [0.4, 0.5) is 0 Å². The molecular formula is C22H28O3. The summed E-state index contributed by atoms with van der Waals surface area (Å²) < 4.78 is 5.26. The Morgan fingerprint density at radius 1 is 1.32 bits per heavy atom. The van der Waals surface area contributed by atoms with Gasteiger partial charge in [0.25, 0.3) is 0 Å². The quantitative estimate of drug-likeness (QED) is 0.493. The highest BCUT2D eigenvalue weighted by molar-refractivity contribution is 5.69. The Labute approximate surface area is 150 Å². The van der Waals surface area contributed by atoms with Crippen LogP contribution in [0.15, 0.2) is 30.9 Å². The first kappa shape index (κ1) is 16.8. The summed E-state index contributed by atoms with van der Waals surface area (Å²) in [7, 11) is 0. The molecule has 0 bridgehead atoms. The van der Waals surface area contributed by atoms with E-state index < -0.39 is 5.60 Å². The fourth-order valence-electron chi connectivity index (χ4n) is 6.17. The van der Waals surface area contributed by atoms with E-state index in [-0.39, 0.29) is 11.4 Å². The monoisotopic (exact) mass is 340 g/mol. The normalized spacial score (nSPS) is 39.1. The highest BCUT2D eigenvalue weighted by Gasteiger charge is 2.60. The van der Waals surface area contributed by atoms with Gasteiger partial charge in [0.2, 0.25) is 0 Å². The average Bonchev–Trinajstić information content (AvgIpc) is 2.86. The van der Waals surface area contributed by atoms with Crippen LogP contribution in [0.5, 0.6) is 5.75 Å². The van der Waals surface area contributed by atoms with Crippen molar-refractivity contribution in [1.82, 2.24) is 0 Å². The largest absolute Gasteiger partial charge is 0.427 e. The van der Waals surface area contributed by atoms with Crippen molar-refractivity contribution in [2.24, 2.45) is 17.3 Å². The molecule has 0 radical (unpaired) electrons. The van der Waals surface area contributed by atoms with E-state index in [0.717, 1.165) is 38.5 Å². The van der Waals surface area contributed by atoms with Crippen LogP contribution in [0.2, 0.25) is 0 Å². The van der Waals surface area contributed by atoms with Gasteiger partial charge in [0.1, 0.15) is 5.75 Å². The molecule has 5 atom stereocenters. The third-order valence-corrected chi connectivity index (χ3v) is 7.51. The van der Waals surface area contributed by atoms with Gasteiger partial charge in [-0.15, -0.1) is 6.58 Å². The van der Waals surface area contributed by atoms with Crippen molar-refractivity contribution in [3.05, 3.63) is 42.0 Å². The van der Waals surface area contributed by atoms with Crippen molar-refractivity contribution >= 4 is 5.97 Å². The first-order chi connectivity index (χ1) is 11.9. The van der Waals surface area contributed by atoms with E-state index in [1.807, 2.05) is 6.07 Å². The lowest BCUT2D eigenvalue weighted by Crippen LogP contribution is -2.49. The van der Waals surface area contributed by atoms with E-state index >= 15 is 0 Å². The molecule has 1 aromatic carbocycles. The van der Waals surface area contributed by atoms with Gasteiger partial charge in [-0.05, 0) is 79.5 Å². The summed E-state index contributed by atoms with van der Waals surface area (Å²) in [5.74, 6) is 2.17. The molecule has 3 nitrogen and oxygen atoms in total. The van der Waals surface area contributed by atoms with Crippen LogP contribution < -0.4 is 4.74 Å². The Morgan fingerprint density at radius 3 is 2.84 bits per heavy atom. The molecule has 0 aliphatic heterocycles. The van der Waals surface area contributed by atoms with E-state index in [1.54, 1.807) is 6.08 Å². The van der Waals surface area contributed by atoms with Crippen LogP contribution >= 0.6 is 0 Å². The number of aliphatic hydroxyl groups is 1. The molecule has 1 N–H and O–H groups in total. The van der Waals surface area contributed by atoms with Gasteiger partial charge >= 0.3 is 5.97 Å². The molecule has 0 saturated heterocycles. The highest BCUT2D eigenvalue weighted by atomic mass is 16.5. The first-order valence-electron chi connectivity index (χ1n) is 9.55. The van der Waals surface area contributed by atoms with Crippen molar-refractivity contribution in [3.63, 3.8) is 0 Å². The minimum atomic E-state index is -0.706.